The van der Waals surface area contributed by atoms with Crippen LogP contribution in [0.5, 0.6) is 5.75 Å². The van der Waals surface area contributed by atoms with E-state index in [1.165, 1.54) is 11.1 Å². The van der Waals surface area contributed by atoms with E-state index in [-0.39, 0.29) is 0 Å². The van der Waals surface area contributed by atoms with Gasteiger partial charge in [-0.1, -0.05) is 45.9 Å². The third-order valence-electron chi connectivity index (χ3n) is 3.09. The minimum Gasteiger partial charge on any atom is -0.493 e. The Morgan fingerprint density at radius 1 is 1.00 bits per heavy atom. The van der Waals surface area contributed by atoms with Crippen molar-refractivity contribution in [2.24, 2.45) is 0 Å². The van der Waals surface area contributed by atoms with Gasteiger partial charge in [-0.2, -0.15) is 0 Å². The lowest BCUT2D eigenvalue weighted by Gasteiger charge is -2.19. The molecule has 0 aliphatic heterocycles. The molecule has 1 aromatic carbocycles. The molecule has 1 nitrogen and oxygen atoms in total. The number of rotatable bonds is 7. The van der Waals surface area contributed by atoms with E-state index in [9.17, 15) is 0 Å². The maximum absolute atomic E-state index is 6.03. The normalized spacial score (nSPS) is 11.3. The van der Waals surface area contributed by atoms with Gasteiger partial charge in [0, 0.05) is 5.88 Å². The van der Waals surface area contributed by atoms with Crippen LogP contribution in [-0.2, 0) is 0 Å². The number of para-hydroxylation sites is 1. The Labute approximate surface area is 116 Å². The summed E-state index contributed by atoms with van der Waals surface area (Å²) in [4.78, 5) is 0. The van der Waals surface area contributed by atoms with Crippen LogP contribution in [0.2, 0.25) is 0 Å². The van der Waals surface area contributed by atoms with Gasteiger partial charge in [0.05, 0.1) is 6.61 Å². The molecule has 0 aliphatic rings. The monoisotopic (exact) mass is 268 g/mol. The molecular weight excluding hydrogens is 244 g/mol. The highest BCUT2D eigenvalue weighted by Gasteiger charge is 2.14. The van der Waals surface area contributed by atoms with E-state index in [2.05, 4.69) is 45.9 Å². The first-order chi connectivity index (χ1) is 8.57. The quantitative estimate of drug-likeness (QED) is 0.480. The Kier molecular flexibility index (Phi) is 6.56. The van der Waals surface area contributed by atoms with Crippen LogP contribution in [0.1, 0.15) is 63.5 Å². The van der Waals surface area contributed by atoms with Gasteiger partial charge in [-0.15, -0.1) is 11.6 Å². The predicted octanol–water partition coefficient (Wildman–Crippen LogP) is 5.33. The fourth-order valence-electron chi connectivity index (χ4n) is 2.02. The molecule has 0 atom stereocenters. The van der Waals surface area contributed by atoms with Crippen molar-refractivity contribution in [3.05, 3.63) is 29.3 Å². The first-order valence-corrected chi connectivity index (χ1v) is 7.43. The molecule has 0 spiro atoms. The topological polar surface area (TPSA) is 9.23 Å². The molecule has 0 saturated heterocycles. The van der Waals surface area contributed by atoms with Crippen LogP contribution in [0.15, 0.2) is 18.2 Å². The summed E-state index contributed by atoms with van der Waals surface area (Å²) in [6, 6.07) is 6.48. The van der Waals surface area contributed by atoms with Crippen molar-refractivity contribution in [1.82, 2.24) is 0 Å². The minimum atomic E-state index is 0.492. The summed E-state index contributed by atoms with van der Waals surface area (Å²) in [5, 5.41) is 0. The van der Waals surface area contributed by atoms with Gasteiger partial charge in [-0.25, -0.2) is 0 Å². The zero-order valence-corrected chi connectivity index (χ0v) is 12.8. The number of hydrogen-bond donors (Lipinski definition) is 0. The van der Waals surface area contributed by atoms with Gasteiger partial charge in [0.25, 0.3) is 0 Å². The smallest absolute Gasteiger partial charge is 0.126 e. The SMILES string of the molecule is CC(C)c1cccc(C(C)C)c1OCCCCCl. The average Bonchev–Trinajstić information content (AvgIpc) is 2.34. The number of halogens is 1. The van der Waals surface area contributed by atoms with Crippen molar-refractivity contribution in [3.63, 3.8) is 0 Å². The van der Waals surface area contributed by atoms with Crippen LogP contribution in [-0.4, -0.2) is 12.5 Å². The fraction of sp³-hybridized carbons (Fsp3) is 0.625. The molecule has 102 valence electrons. The standard InChI is InChI=1S/C16H25ClO/c1-12(2)14-8-7-9-15(13(3)4)16(14)18-11-6-5-10-17/h7-9,12-13H,5-6,10-11H2,1-4H3. The molecule has 0 bridgehead atoms. The Bertz CT molecular complexity index is 332. The number of hydrogen-bond acceptors (Lipinski definition) is 1. The fourth-order valence-corrected chi connectivity index (χ4v) is 2.21. The molecule has 0 fully saturated rings. The summed E-state index contributed by atoms with van der Waals surface area (Å²) in [5.41, 5.74) is 2.62. The van der Waals surface area contributed by atoms with Gasteiger partial charge in [0.15, 0.2) is 0 Å². The van der Waals surface area contributed by atoms with E-state index in [4.69, 9.17) is 16.3 Å². The van der Waals surface area contributed by atoms with E-state index < -0.39 is 0 Å². The molecule has 2 heteroatoms. The summed E-state index contributed by atoms with van der Waals surface area (Å²) in [5.74, 6) is 2.79. The third-order valence-corrected chi connectivity index (χ3v) is 3.36. The van der Waals surface area contributed by atoms with Crippen LogP contribution in [0.25, 0.3) is 0 Å². The van der Waals surface area contributed by atoms with Crippen molar-refractivity contribution < 1.29 is 4.74 Å². The van der Waals surface area contributed by atoms with E-state index in [1.54, 1.807) is 0 Å². The maximum atomic E-state index is 6.03. The van der Waals surface area contributed by atoms with Gasteiger partial charge in [-0.3, -0.25) is 0 Å². The van der Waals surface area contributed by atoms with Crippen LogP contribution in [0, 0.1) is 0 Å². The Morgan fingerprint density at radius 2 is 1.56 bits per heavy atom. The second-order valence-electron chi connectivity index (χ2n) is 5.32. The van der Waals surface area contributed by atoms with Crippen molar-refractivity contribution in [3.8, 4) is 5.75 Å². The van der Waals surface area contributed by atoms with Gasteiger partial charge >= 0.3 is 0 Å². The second-order valence-corrected chi connectivity index (χ2v) is 5.70. The zero-order valence-electron chi connectivity index (χ0n) is 12.0. The number of unbranched alkanes of at least 4 members (excludes halogenated alkanes) is 1. The third kappa shape index (κ3) is 4.20. The molecule has 0 aliphatic carbocycles. The molecule has 0 saturated carbocycles. The average molecular weight is 269 g/mol. The van der Waals surface area contributed by atoms with Gasteiger partial charge in [0.2, 0.25) is 0 Å². The molecule has 0 heterocycles. The van der Waals surface area contributed by atoms with E-state index in [1.807, 2.05) is 0 Å². The van der Waals surface area contributed by atoms with Crippen LogP contribution < -0.4 is 4.74 Å². The van der Waals surface area contributed by atoms with Gasteiger partial charge < -0.3 is 4.74 Å². The molecule has 1 aromatic rings. The summed E-state index contributed by atoms with van der Waals surface area (Å²) < 4.78 is 6.03. The highest BCUT2D eigenvalue weighted by Crippen LogP contribution is 2.34. The molecule has 0 N–H and O–H groups in total. The highest BCUT2D eigenvalue weighted by atomic mass is 35.5. The van der Waals surface area contributed by atoms with Crippen LogP contribution in [0.4, 0.5) is 0 Å². The van der Waals surface area contributed by atoms with E-state index in [0.717, 1.165) is 25.2 Å². The summed E-state index contributed by atoms with van der Waals surface area (Å²) in [6.07, 6.45) is 2.04. The van der Waals surface area contributed by atoms with Gasteiger partial charge in [0.1, 0.15) is 5.75 Å². The Morgan fingerprint density at radius 3 is 2.00 bits per heavy atom. The number of benzene rings is 1. The largest absolute Gasteiger partial charge is 0.493 e. The first kappa shape index (κ1) is 15.4. The summed E-state index contributed by atoms with van der Waals surface area (Å²) >= 11 is 5.69. The molecule has 0 unspecified atom stereocenters. The van der Waals surface area contributed by atoms with Gasteiger partial charge in [-0.05, 0) is 35.8 Å². The second kappa shape index (κ2) is 7.68. The van der Waals surface area contributed by atoms with Crippen molar-refractivity contribution in [2.75, 3.05) is 12.5 Å². The molecule has 18 heavy (non-hydrogen) atoms. The van der Waals surface area contributed by atoms with Crippen molar-refractivity contribution in [2.45, 2.75) is 52.4 Å². The summed E-state index contributed by atoms with van der Waals surface area (Å²) in [6.45, 7) is 9.61. The zero-order chi connectivity index (χ0) is 13.5. The molecule has 0 amide bonds. The number of alkyl halides is 1. The minimum absolute atomic E-state index is 0.492. The molecule has 0 aromatic heterocycles. The van der Waals surface area contributed by atoms with Crippen molar-refractivity contribution >= 4 is 11.6 Å². The lowest BCUT2D eigenvalue weighted by molar-refractivity contribution is 0.301. The predicted molar refractivity (Wildman–Crippen MR) is 80.1 cm³/mol. The molecular formula is C16H25ClO. The number of ether oxygens (including phenoxy) is 1. The van der Waals surface area contributed by atoms with E-state index in [0.29, 0.717) is 17.7 Å². The first-order valence-electron chi connectivity index (χ1n) is 6.89. The Balaban J connectivity index is 2.89. The van der Waals surface area contributed by atoms with Crippen LogP contribution >= 0.6 is 11.6 Å². The lowest BCUT2D eigenvalue weighted by Crippen LogP contribution is -2.05. The highest BCUT2D eigenvalue weighted by molar-refractivity contribution is 6.17. The molecule has 0 radical (unpaired) electrons. The Hall–Kier alpha value is -0.690. The summed E-state index contributed by atoms with van der Waals surface area (Å²) in [7, 11) is 0. The van der Waals surface area contributed by atoms with E-state index >= 15 is 0 Å². The lowest BCUT2D eigenvalue weighted by atomic mass is 9.94. The maximum Gasteiger partial charge on any atom is 0.126 e. The van der Waals surface area contributed by atoms with Crippen LogP contribution in [0.3, 0.4) is 0 Å². The van der Waals surface area contributed by atoms with Crippen molar-refractivity contribution in [1.29, 1.82) is 0 Å². The molecule has 1 rings (SSSR count).